The molecule has 0 aromatic heterocycles. The Kier molecular flexibility index (Phi) is 9.62. The van der Waals surface area contributed by atoms with Gasteiger partial charge in [0.2, 0.25) is 0 Å². The summed E-state index contributed by atoms with van der Waals surface area (Å²) in [7, 11) is -1.35. The van der Waals surface area contributed by atoms with E-state index >= 15 is 0 Å². The lowest BCUT2D eigenvalue weighted by molar-refractivity contribution is 0.0407. The van der Waals surface area contributed by atoms with Gasteiger partial charge in [-0.15, -0.1) is 0 Å². The van der Waals surface area contributed by atoms with Crippen LogP contribution < -0.4 is 0 Å². The van der Waals surface area contributed by atoms with Crippen LogP contribution in [0.1, 0.15) is 0 Å². The summed E-state index contributed by atoms with van der Waals surface area (Å²) < 4.78 is 17.3. The van der Waals surface area contributed by atoms with Crippen molar-refractivity contribution in [2.24, 2.45) is 0 Å². The minimum Gasteiger partial charge on any atom is -0.415 e. The molecule has 5 heteroatoms. The third-order valence-electron chi connectivity index (χ3n) is 1.36. The van der Waals surface area contributed by atoms with Crippen molar-refractivity contribution in [1.82, 2.24) is 0 Å². The zero-order valence-electron chi connectivity index (χ0n) is 9.35. The molecule has 0 fully saturated rings. The molecule has 0 heterocycles. The van der Waals surface area contributed by atoms with Gasteiger partial charge in [-0.1, -0.05) is 22.6 Å². The maximum absolute atomic E-state index is 5.63. The Morgan fingerprint density at radius 2 is 1.36 bits per heavy atom. The lowest BCUT2D eigenvalue weighted by atomic mass is 10.7. The molecule has 0 bridgehead atoms. The second-order valence-electron chi connectivity index (χ2n) is 3.87. The maximum atomic E-state index is 5.63. The van der Waals surface area contributed by atoms with Crippen molar-refractivity contribution in [3.8, 4) is 0 Å². The molecule has 0 aromatic carbocycles. The van der Waals surface area contributed by atoms with Gasteiger partial charge in [-0.05, 0) is 19.6 Å². The molecule has 0 aliphatic heterocycles. The third-order valence-corrected chi connectivity index (χ3v) is 2.87. The van der Waals surface area contributed by atoms with Crippen LogP contribution in [0.25, 0.3) is 0 Å². The average Bonchev–Trinajstić information content (AvgIpc) is 2.08. The molecule has 14 heavy (non-hydrogen) atoms. The summed E-state index contributed by atoms with van der Waals surface area (Å²) in [5.41, 5.74) is 0. The largest absolute Gasteiger partial charge is 0.415 e. The van der Waals surface area contributed by atoms with Crippen LogP contribution in [0.2, 0.25) is 19.6 Å². The van der Waals surface area contributed by atoms with Gasteiger partial charge in [0.15, 0.2) is 8.32 Å². The summed E-state index contributed by atoms with van der Waals surface area (Å²) in [6, 6.07) is 0. The Hall–Kier alpha value is 0.827. The highest BCUT2D eigenvalue weighted by Crippen LogP contribution is 2.01. The molecule has 0 radical (unpaired) electrons. The number of hydrogen-bond donors (Lipinski definition) is 0. The molecule has 3 nitrogen and oxygen atoms in total. The van der Waals surface area contributed by atoms with Crippen LogP contribution in [0.5, 0.6) is 0 Å². The molecule has 0 rings (SSSR count). The third kappa shape index (κ3) is 12.8. The van der Waals surface area contributed by atoms with E-state index in [0.29, 0.717) is 26.4 Å². The van der Waals surface area contributed by atoms with Crippen molar-refractivity contribution in [3.63, 3.8) is 0 Å². The quantitative estimate of drug-likeness (QED) is 0.281. The molecule has 0 unspecified atom stereocenters. The molecule has 0 N–H and O–H groups in total. The SMILES string of the molecule is C[Si](C)(C)OCCOCCOCCI. The Balaban J connectivity index is 2.99. The maximum Gasteiger partial charge on any atom is 0.183 e. The average molecular weight is 332 g/mol. The summed E-state index contributed by atoms with van der Waals surface area (Å²) in [5, 5.41) is 0. The monoisotopic (exact) mass is 332 g/mol. The smallest absolute Gasteiger partial charge is 0.183 e. The molecule has 86 valence electrons. The second-order valence-corrected chi connectivity index (χ2v) is 9.47. The zero-order chi connectivity index (χ0) is 10.9. The fraction of sp³-hybridized carbons (Fsp3) is 1.00. The van der Waals surface area contributed by atoms with Gasteiger partial charge in [0.25, 0.3) is 0 Å². The highest BCUT2D eigenvalue weighted by molar-refractivity contribution is 14.1. The van der Waals surface area contributed by atoms with Gasteiger partial charge in [-0.2, -0.15) is 0 Å². The fourth-order valence-electron chi connectivity index (χ4n) is 0.783. The van der Waals surface area contributed by atoms with Gasteiger partial charge in [-0.3, -0.25) is 0 Å². The van der Waals surface area contributed by atoms with Gasteiger partial charge in [0.1, 0.15) is 0 Å². The first-order valence-corrected chi connectivity index (χ1v) is 9.85. The van der Waals surface area contributed by atoms with Crippen LogP contribution >= 0.6 is 22.6 Å². The van der Waals surface area contributed by atoms with Crippen molar-refractivity contribution >= 4 is 30.9 Å². The minimum absolute atomic E-state index is 0.672. The summed E-state index contributed by atoms with van der Waals surface area (Å²) in [4.78, 5) is 0. The van der Waals surface area contributed by atoms with E-state index in [0.717, 1.165) is 11.0 Å². The van der Waals surface area contributed by atoms with Crippen LogP contribution in [0.4, 0.5) is 0 Å². The van der Waals surface area contributed by atoms with E-state index in [-0.39, 0.29) is 0 Å². The molecular weight excluding hydrogens is 311 g/mol. The highest BCUT2D eigenvalue weighted by Gasteiger charge is 2.12. The molecule has 0 atom stereocenters. The van der Waals surface area contributed by atoms with E-state index in [9.17, 15) is 0 Å². The number of alkyl halides is 1. The summed E-state index contributed by atoms with van der Waals surface area (Å²) in [5.74, 6) is 0. The second kappa shape index (κ2) is 9.08. The molecule has 0 spiro atoms. The molecule has 0 amide bonds. The topological polar surface area (TPSA) is 27.7 Å². The first-order valence-electron chi connectivity index (χ1n) is 4.91. The molecule has 0 aliphatic rings. The van der Waals surface area contributed by atoms with Crippen LogP contribution in [-0.4, -0.2) is 45.8 Å². The predicted octanol–water partition coefficient (Wildman–Crippen LogP) is 2.31. The number of hydrogen-bond acceptors (Lipinski definition) is 3. The predicted molar refractivity (Wildman–Crippen MR) is 69.8 cm³/mol. The van der Waals surface area contributed by atoms with Crippen molar-refractivity contribution in [1.29, 1.82) is 0 Å². The zero-order valence-corrected chi connectivity index (χ0v) is 12.5. The number of halogens is 1. The van der Waals surface area contributed by atoms with E-state index < -0.39 is 8.32 Å². The van der Waals surface area contributed by atoms with Gasteiger partial charge in [-0.25, -0.2) is 0 Å². The summed E-state index contributed by atoms with van der Waals surface area (Å²) in [6.07, 6.45) is 0. The fourth-order valence-corrected chi connectivity index (χ4v) is 1.79. The molecular formula is C9H21IO3Si. The van der Waals surface area contributed by atoms with Crippen molar-refractivity contribution in [3.05, 3.63) is 0 Å². The van der Waals surface area contributed by atoms with Crippen molar-refractivity contribution < 1.29 is 13.9 Å². The summed E-state index contributed by atoms with van der Waals surface area (Å²) in [6.45, 7) is 10.1. The standard InChI is InChI=1S/C9H21IO3Si/c1-14(2,3)13-9-8-12-7-6-11-5-4-10/h4-9H2,1-3H3. The Bertz CT molecular complexity index is 128. The number of rotatable bonds is 9. The Labute approximate surface area is 102 Å². The number of ether oxygens (including phenoxy) is 2. The normalized spacial score (nSPS) is 12.0. The van der Waals surface area contributed by atoms with Crippen LogP contribution in [0, 0.1) is 0 Å². The van der Waals surface area contributed by atoms with E-state index in [4.69, 9.17) is 13.9 Å². The van der Waals surface area contributed by atoms with Gasteiger partial charge in [0, 0.05) is 4.43 Å². The molecule has 0 saturated heterocycles. The van der Waals surface area contributed by atoms with Crippen molar-refractivity contribution in [2.75, 3.05) is 37.5 Å². The first-order chi connectivity index (χ1) is 6.56. The van der Waals surface area contributed by atoms with Gasteiger partial charge in [0.05, 0.1) is 33.0 Å². The van der Waals surface area contributed by atoms with E-state index in [1.165, 1.54) is 0 Å². The summed E-state index contributed by atoms with van der Waals surface area (Å²) >= 11 is 2.29. The lowest BCUT2D eigenvalue weighted by Gasteiger charge is -2.16. The lowest BCUT2D eigenvalue weighted by Crippen LogP contribution is -2.27. The van der Waals surface area contributed by atoms with E-state index in [1.807, 2.05) is 0 Å². The van der Waals surface area contributed by atoms with E-state index in [2.05, 4.69) is 42.2 Å². The highest BCUT2D eigenvalue weighted by atomic mass is 127. The Morgan fingerprint density at radius 3 is 1.86 bits per heavy atom. The molecule has 0 aliphatic carbocycles. The van der Waals surface area contributed by atoms with Crippen LogP contribution in [0.3, 0.4) is 0 Å². The van der Waals surface area contributed by atoms with E-state index in [1.54, 1.807) is 0 Å². The Morgan fingerprint density at radius 1 is 0.857 bits per heavy atom. The van der Waals surface area contributed by atoms with Crippen LogP contribution in [0.15, 0.2) is 0 Å². The first kappa shape index (κ1) is 14.8. The van der Waals surface area contributed by atoms with Gasteiger partial charge < -0.3 is 13.9 Å². The molecule has 0 saturated carbocycles. The van der Waals surface area contributed by atoms with Gasteiger partial charge >= 0.3 is 0 Å². The van der Waals surface area contributed by atoms with Crippen LogP contribution in [-0.2, 0) is 13.9 Å². The van der Waals surface area contributed by atoms with Crippen molar-refractivity contribution in [2.45, 2.75) is 19.6 Å². The molecule has 0 aromatic rings. The minimum atomic E-state index is -1.35.